The van der Waals surface area contributed by atoms with E-state index in [0.717, 1.165) is 22.3 Å². The van der Waals surface area contributed by atoms with Crippen LogP contribution in [-0.4, -0.2) is 68.7 Å². The first-order chi connectivity index (χ1) is 16.5. The summed E-state index contributed by atoms with van der Waals surface area (Å²) in [5.41, 5.74) is 4.50. The van der Waals surface area contributed by atoms with Gasteiger partial charge in [0.05, 0.1) is 6.54 Å². The third kappa shape index (κ3) is 5.05. The van der Waals surface area contributed by atoms with Crippen molar-refractivity contribution in [3.63, 3.8) is 0 Å². The van der Waals surface area contributed by atoms with Crippen LogP contribution in [0.4, 0.5) is 4.79 Å². The Morgan fingerprint density at radius 2 is 1.71 bits per heavy atom. The Morgan fingerprint density at radius 1 is 1.06 bits per heavy atom. The highest BCUT2D eigenvalue weighted by molar-refractivity contribution is 5.82. The lowest BCUT2D eigenvalue weighted by Gasteiger charge is -2.19. The van der Waals surface area contributed by atoms with Gasteiger partial charge in [-0.3, -0.25) is 4.79 Å². The molecule has 0 bridgehead atoms. The summed E-state index contributed by atoms with van der Waals surface area (Å²) in [7, 11) is 1.36. The Bertz CT molecular complexity index is 1010. The number of alkyl carbamates (subject to hydrolysis) is 1. The van der Waals surface area contributed by atoms with Gasteiger partial charge < -0.3 is 30.0 Å². The van der Waals surface area contributed by atoms with Crippen LogP contribution in [0.5, 0.6) is 0 Å². The van der Waals surface area contributed by atoms with Crippen LogP contribution >= 0.6 is 0 Å². The Kier molecular flexibility index (Phi) is 7.44. The van der Waals surface area contributed by atoms with Gasteiger partial charge in [-0.15, -0.1) is 0 Å². The molecule has 1 aliphatic heterocycles. The van der Waals surface area contributed by atoms with E-state index < -0.39 is 30.2 Å². The van der Waals surface area contributed by atoms with Crippen molar-refractivity contribution in [1.82, 2.24) is 10.6 Å². The number of hydrogen-bond donors (Lipinski definition) is 3. The molecule has 2 aromatic rings. The molecule has 2 aliphatic rings. The Morgan fingerprint density at radius 3 is 2.32 bits per heavy atom. The number of nitrogens with one attached hydrogen (secondary N) is 2. The second kappa shape index (κ2) is 10.7. The lowest BCUT2D eigenvalue weighted by molar-refractivity contribution is -0.149. The molecule has 1 unspecified atom stereocenters. The van der Waals surface area contributed by atoms with Crippen molar-refractivity contribution in [1.29, 1.82) is 0 Å². The maximum Gasteiger partial charge on any atom is 0.407 e. The zero-order valence-electron chi connectivity index (χ0n) is 18.9. The molecule has 4 rings (SSSR count). The number of methoxy groups -OCH3 is 1. The molecular formula is C25H28N2O7. The summed E-state index contributed by atoms with van der Waals surface area (Å²) < 4.78 is 15.9. The van der Waals surface area contributed by atoms with Crippen LogP contribution in [0, 0.1) is 5.92 Å². The van der Waals surface area contributed by atoms with E-state index >= 15 is 0 Å². The molecule has 3 N–H and O–H groups in total. The molecule has 2 aromatic carbocycles. The van der Waals surface area contributed by atoms with E-state index in [9.17, 15) is 14.4 Å². The van der Waals surface area contributed by atoms with Gasteiger partial charge in [-0.25, -0.2) is 9.59 Å². The highest BCUT2D eigenvalue weighted by Gasteiger charge is 2.35. The number of fused-ring (bicyclic) bond motifs is 3. The summed E-state index contributed by atoms with van der Waals surface area (Å²) in [6.07, 6.45) is -1.97. The molecule has 180 valence electrons. The van der Waals surface area contributed by atoms with Crippen molar-refractivity contribution in [2.45, 2.75) is 24.5 Å². The van der Waals surface area contributed by atoms with Gasteiger partial charge in [0.2, 0.25) is 0 Å². The quantitative estimate of drug-likeness (QED) is 0.515. The number of carboxylic acids is 1. The number of benzene rings is 2. The van der Waals surface area contributed by atoms with Crippen LogP contribution in [0.15, 0.2) is 48.5 Å². The maximum atomic E-state index is 12.4. The summed E-state index contributed by atoms with van der Waals surface area (Å²) in [6, 6.07) is 16.1. The monoisotopic (exact) mass is 468 g/mol. The van der Waals surface area contributed by atoms with Gasteiger partial charge in [0.25, 0.3) is 5.91 Å². The third-order valence-electron chi connectivity index (χ3n) is 6.35. The lowest BCUT2D eigenvalue weighted by Crippen LogP contribution is -2.46. The smallest absolute Gasteiger partial charge is 0.407 e. The Balaban J connectivity index is 1.26. The first-order valence-corrected chi connectivity index (χ1v) is 11.2. The fraction of sp³-hybridized carbons (Fsp3) is 0.400. The van der Waals surface area contributed by atoms with Gasteiger partial charge in [-0.2, -0.15) is 0 Å². The van der Waals surface area contributed by atoms with Crippen molar-refractivity contribution in [2.75, 3.05) is 33.4 Å². The second-order valence-electron chi connectivity index (χ2n) is 8.35. The molecule has 0 radical (unpaired) electrons. The molecule has 1 aliphatic carbocycles. The van der Waals surface area contributed by atoms with E-state index in [-0.39, 0.29) is 31.5 Å². The van der Waals surface area contributed by atoms with Crippen molar-refractivity contribution < 1.29 is 33.7 Å². The minimum atomic E-state index is -1.04. The highest BCUT2D eigenvalue weighted by atomic mass is 16.5. The van der Waals surface area contributed by atoms with Gasteiger partial charge in [0.1, 0.15) is 6.61 Å². The Hall–Kier alpha value is -3.43. The van der Waals surface area contributed by atoms with Crippen LogP contribution in [0.3, 0.4) is 0 Å². The van der Waals surface area contributed by atoms with Crippen molar-refractivity contribution in [2.24, 2.45) is 5.92 Å². The average molecular weight is 469 g/mol. The maximum absolute atomic E-state index is 12.4. The molecule has 3 atom stereocenters. The molecule has 1 fully saturated rings. The summed E-state index contributed by atoms with van der Waals surface area (Å²) in [5, 5.41) is 14.4. The van der Waals surface area contributed by atoms with E-state index in [1.807, 2.05) is 36.4 Å². The number of aliphatic carboxylic acids is 1. The summed E-state index contributed by atoms with van der Waals surface area (Å²) in [4.78, 5) is 36.0. The number of amides is 2. The molecule has 0 spiro atoms. The molecule has 1 saturated heterocycles. The highest BCUT2D eigenvalue weighted by Crippen LogP contribution is 2.44. The number of carboxylic acid groups (broad SMARTS) is 1. The van der Waals surface area contributed by atoms with E-state index in [2.05, 4.69) is 22.8 Å². The van der Waals surface area contributed by atoms with Gasteiger partial charge in [0.15, 0.2) is 12.2 Å². The Labute approximate surface area is 197 Å². The normalized spacial score (nSPS) is 19.7. The molecular weight excluding hydrogens is 440 g/mol. The van der Waals surface area contributed by atoms with Gasteiger partial charge in [-0.05, 0) is 28.7 Å². The van der Waals surface area contributed by atoms with Gasteiger partial charge >= 0.3 is 12.1 Å². The molecule has 0 aromatic heterocycles. The molecule has 9 nitrogen and oxygen atoms in total. The topological polar surface area (TPSA) is 123 Å². The van der Waals surface area contributed by atoms with Gasteiger partial charge in [-0.1, -0.05) is 48.5 Å². The van der Waals surface area contributed by atoms with E-state index in [0.29, 0.717) is 13.0 Å². The number of carbonyl (C=O) groups is 3. The second-order valence-corrected chi connectivity index (χ2v) is 8.35. The number of rotatable bonds is 9. The third-order valence-corrected chi connectivity index (χ3v) is 6.35. The molecule has 1 heterocycles. The van der Waals surface area contributed by atoms with Crippen LogP contribution < -0.4 is 10.6 Å². The van der Waals surface area contributed by atoms with E-state index in [1.54, 1.807) is 0 Å². The zero-order valence-corrected chi connectivity index (χ0v) is 18.9. The predicted molar refractivity (Wildman–Crippen MR) is 122 cm³/mol. The average Bonchev–Trinajstić information content (AvgIpc) is 3.45. The van der Waals surface area contributed by atoms with Crippen LogP contribution in [0.1, 0.15) is 23.5 Å². The minimum Gasteiger partial charge on any atom is -0.479 e. The van der Waals surface area contributed by atoms with Crippen molar-refractivity contribution in [3.05, 3.63) is 59.7 Å². The van der Waals surface area contributed by atoms with E-state index in [1.165, 1.54) is 7.11 Å². The van der Waals surface area contributed by atoms with E-state index in [4.69, 9.17) is 19.3 Å². The van der Waals surface area contributed by atoms with Gasteiger partial charge in [0, 0.05) is 32.1 Å². The van der Waals surface area contributed by atoms with Crippen LogP contribution in [0.2, 0.25) is 0 Å². The number of hydrogen-bond acceptors (Lipinski definition) is 6. The van der Waals surface area contributed by atoms with Crippen molar-refractivity contribution in [3.8, 4) is 11.1 Å². The molecule has 34 heavy (non-hydrogen) atoms. The number of ether oxygens (including phenoxy) is 3. The fourth-order valence-electron chi connectivity index (χ4n) is 4.57. The van der Waals surface area contributed by atoms with Crippen LogP contribution in [-0.2, 0) is 23.8 Å². The minimum absolute atomic E-state index is 0.0597. The number of carbonyl (C=O) groups excluding carboxylic acids is 2. The summed E-state index contributed by atoms with van der Waals surface area (Å²) >= 11 is 0. The lowest BCUT2D eigenvalue weighted by atomic mass is 9.98. The van der Waals surface area contributed by atoms with Crippen molar-refractivity contribution >= 4 is 18.0 Å². The first kappa shape index (κ1) is 23.7. The largest absolute Gasteiger partial charge is 0.479 e. The molecule has 0 saturated carbocycles. The summed E-state index contributed by atoms with van der Waals surface area (Å²) in [5.74, 6) is -1.86. The summed E-state index contributed by atoms with van der Waals surface area (Å²) in [6.45, 7) is 0.583. The van der Waals surface area contributed by atoms with Crippen LogP contribution in [0.25, 0.3) is 11.1 Å². The zero-order chi connectivity index (χ0) is 24.1. The molecule has 2 amide bonds. The standard InChI is InChI=1S/C25H28N2O7/c1-32-21(23(28)26-12-15-10-11-33-22(15)24(29)30)13-27-25(31)34-14-20-18-8-4-2-6-16(18)17-7-3-5-9-19(17)20/h2-9,15,20-22H,10-14H2,1H3,(H,26,28)(H,27,31)(H,29,30)/t15-,21?,22-/m0/s1. The predicted octanol–water partition coefficient (Wildman–Crippen LogP) is 2.15. The first-order valence-electron chi connectivity index (χ1n) is 11.2. The molecule has 9 heteroatoms. The fourth-order valence-corrected chi connectivity index (χ4v) is 4.57. The SMILES string of the molecule is COC(CNC(=O)OCC1c2ccccc2-c2ccccc21)C(=O)NC[C@@H]1CCO[C@@H]1C(=O)O.